The SMILES string of the molecule is C[N+](C)=CNC(=O)c1cc2ncc(C(F)(F)F)cc2s1. The summed E-state index contributed by atoms with van der Waals surface area (Å²) >= 11 is 0.974. The average Bonchev–Trinajstić information content (AvgIpc) is 2.77. The second kappa shape index (κ2) is 5.20. The Balaban J connectivity index is 2.34. The molecule has 106 valence electrons. The Hall–Kier alpha value is -1.96. The van der Waals surface area contributed by atoms with Gasteiger partial charge in [0.1, 0.15) is 4.88 Å². The van der Waals surface area contributed by atoms with E-state index in [-0.39, 0.29) is 5.91 Å². The summed E-state index contributed by atoms with van der Waals surface area (Å²) in [6.45, 7) is 0. The number of hydrogen-bond acceptors (Lipinski definition) is 3. The first-order valence-electron chi connectivity index (χ1n) is 5.55. The Morgan fingerprint density at radius 1 is 1.40 bits per heavy atom. The van der Waals surface area contributed by atoms with E-state index in [0.717, 1.165) is 23.6 Å². The lowest BCUT2D eigenvalue weighted by Crippen LogP contribution is -2.24. The summed E-state index contributed by atoms with van der Waals surface area (Å²) in [6, 6.07) is 2.47. The van der Waals surface area contributed by atoms with Gasteiger partial charge in [-0.05, 0) is 12.1 Å². The number of fused-ring (bicyclic) bond motifs is 1. The third kappa shape index (κ3) is 3.13. The standard InChI is InChI=1S/C12H10F3N3OS/c1-18(2)6-17-11(19)10-4-8-9(20-10)3-7(5-16-8)12(13,14)15/h3-6H,1-2H3/p+1. The Morgan fingerprint density at radius 3 is 2.70 bits per heavy atom. The molecule has 0 aliphatic rings. The molecule has 0 aliphatic carbocycles. The number of nitrogens with zero attached hydrogens (tertiary/aromatic N) is 2. The van der Waals surface area contributed by atoms with Crippen LogP contribution in [0.3, 0.4) is 0 Å². The zero-order valence-electron chi connectivity index (χ0n) is 10.7. The highest BCUT2D eigenvalue weighted by Gasteiger charge is 2.31. The van der Waals surface area contributed by atoms with Crippen LogP contribution in [0, 0.1) is 0 Å². The highest BCUT2D eigenvalue weighted by atomic mass is 32.1. The molecule has 2 aromatic heterocycles. The summed E-state index contributed by atoms with van der Waals surface area (Å²) in [4.78, 5) is 15.8. The van der Waals surface area contributed by atoms with E-state index in [9.17, 15) is 18.0 Å². The molecule has 1 N–H and O–H groups in total. The van der Waals surface area contributed by atoms with Crippen molar-refractivity contribution < 1.29 is 22.5 Å². The molecule has 0 fully saturated rings. The molecule has 0 aliphatic heterocycles. The van der Waals surface area contributed by atoms with Crippen LogP contribution in [-0.4, -0.2) is 35.9 Å². The van der Waals surface area contributed by atoms with Crippen molar-refractivity contribution in [1.82, 2.24) is 10.3 Å². The van der Waals surface area contributed by atoms with Crippen LogP contribution in [-0.2, 0) is 6.18 Å². The number of carbonyl (C=O) groups excluding carboxylic acids is 1. The Labute approximate surface area is 116 Å². The maximum Gasteiger partial charge on any atom is 0.417 e. The highest BCUT2D eigenvalue weighted by molar-refractivity contribution is 7.20. The van der Waals surface area contributed by atoms with Crippen molar-refractivity contribution in [2.75, 3.05) is 14.1 Å². The number of alkyl halides is 3. The molecule has 1 amide bonds. The second-order valence-corrected chi connectivity index (χ2v) is 5.37. The number of thiophene rings is 1. The maximum atomic E-state index is 12.6. The number of carbonyl (C=O) groups is 1. The fourth-order valence-corrected chi connectivity index (χ4v) is 2.40. The quantitative estimate of drug-likeness (QED) is 0.526. The van der Waals surface area contributed by atoms with Crippen LogP contribution in [0.15, 0.2) is 18.3 Å². The summed E-state index contributed by atoms with van der Waals surface area (Å²) in [5.41, 5.74) is -0.448. The van der Waals surface area contributed by atoms with Gasteiger partial charge in [0.25, 0.3) is 0 Å². The number of rotatable bonds is 2. The molecule has 0 unspecified atom stereocenters. The average molecular weight is 302 g/mol. The lowest BCUT2D eigenvalue weighted by atomic mass is 10.2. The van der Waals surface area contributed by atoms with Gasteiger partial charge in [-0.15, -0.1) is 11.3 Å². The van der Waals surface area contributed by atoms with E-state index in [1.165, 1.54) is 12.4 Å². The Kier molecular flexibility index (Phi) is 3.76. The third-order valence-electron chi connectivity index (χ3n) is 2.37. The summed E-state index contributed by atoms with van der Waals surface area (Å²) in [5.74, 6) is -0.379. The van der Waals surface area contributed by atoms with Gasteiger partial charge in [0, 0.05) is 6.20 Å². The molecule has 0 bridgehead atoms. The van der Waals surface area contributed by atoms with Crippen molar-refractivity contribution in [3.05, 3.63) is 28.8 Å². The van der Waals surface area contributed by atoms with Crippen LogP contribution < -0.4 is 5.32 Å². The lowest BCUT2D eigenvalue weighted by Gasteiger charge is -2.04. The molecule has 0 aromatic carbocycles. The number of halogens is 3. The predicted octanol–water partition coefficient (Wildman–Crippen LogP) is 2.35. The van der Waals surface area contributed by atoms with Gasteiger partial charge in [0.15, 0.2) is 0 Å². The van der Waals surface area contributed by atoms with Gasteiger partial charge in [-0.25, -0.2) is 10.1 Å². The van der Waals surface area contributed by atoms with E-state index in [1.807, 2.05) is 0 Å². The van der Waals surface area contributed by atoms with Crippen LogP contribution in [0.2, 0.25) is 0 Å². The number of aromatic nitrogens is 1. The van der Waals surface area contributed by atoms with Crippen LogP contribution in [0.1, 0.15) is 15.2 Å². The maximum absolute atomic E-state index is 12.6. The van der Waals surface area contributed by atoms with Crippen molar-refractivity contribution in [2.24, 2.45) is 0 Å². The third-order valence-corrected chi connectivity index (χ3v) is 3.44. The summed E-state index contributed by atoms with van der Waals surface area (Å²) in [6.07, 6.45) is -2.21. The summed E-state index contributed by atoms with van der Waals surface area (Å²) in [5, 5.41) is 2.53. The van der Waals surface area contributed by atoms with Gasteiger partial charge in [-0.2, -0.15) is 13.2 Å². The van der Waals surface area contributed by atoms with Crippen molar-refractivity contribution >= 4 is 33.8 Å². The van der Waals surface area contributed by atoms with E-state index in [0.29, 0.717) is 15.1 Å². The number of hydrogen-bond donors (Lipinski definition) is 1. The van der Waals surface area contributed by atoms with E-state index in [1.54, 1.807) is 18.7 Å². The van der Waals surface area contributed by atoms with Crippen LogP contribution >= 0.6 is 11.3 Å². The number of amides is 1. The summed E-state index contributed by atoms with van der Waals surface area (Å²) < 4.78 is 39.7. The molecule has 0 spiro atoms. The largest absolute Gasteiger partial charge is 0.417 e. The van der Waals surface area contributed by atoms with Gasteiger partial charge in [0.2, 0.25) is 6.34 Å². The number of nitrogens with one attached hydrogen (secondary N) is 1. The molecule has 0 atom stereocenters. The smallest absolute Gasteiger partial charge is 0.273 e. The normalized spacial score (nSPS) is 11.4. The first-order valence-corrected chi connectivity index (χ1v) is 6.36. The fourth-order valence-electron chi connectivity index (χ4n) is 1.44. The minimum Gasteiger partial charge on any atom is -0.273 e. The molecule has 2 aromatic rings. The predicted molar refractivity (Wildman–Crippen MR) is 70.3 cm³/mol. The molecule has 4 nitrogen and oxygen atoms in total. The van der Waals surface area contributed by atoms with E-state index in [2.05, 4.69) is 10.3 Å². The molecule has 2 heterocycles. The van der Waals surface area contributed by atoms with E-state index < -0.39 is 11.7 Å². The zero-order chi connectivity index (χ0) is 14.9. The van der Waals surface area contributed by atoms with Gasteiger partial charge in [-0.3, -0.25) is 9.56 Å². The monoisotopic (exact) mass is 302 g/mol. The van der Waals surface area contributed by atoms with Gasteiger partial charge in [0.05, 0.1) is 29.9 Å². The first kappa shape index (κ1) is 14.4. The fraction of sp³-hybridized carbons (Fsp3) is 0.250. The highest BCUT2D eigenvalue weighted by Crippen LogP contribution is 2.33. The Morgan fingerprint density at radius 2 is 2.10 bits per heavy atom. The van der Waals surface area contributed by atoms with Gasteiger partial charge in [-0.1, -0.05) is 0 Å². The van der Waals surface area contributed by atoms with Gasteiger partial charge < -0.3 is 0 Å². The van der Waals surface area contributed by atoms with Crippen LogP contribution in [0.25, 0.3) is 10.2 Å². The molecule has 20 heavy (non-hydrogen) atoms. The molecular weight excluding hydrogens is 291 g/mol. The van der Waals surface area contributed by atoms with Crippen molar-refractivity contribution in [1.29, 1.82) is 0 Å². The molecule has 8 heteroatoms. The topological polar surface area (TPSA) is 45.0 Å². The molecule has 0 saturated heterocycles. The molecular formula is C12H11F3N3OS+. The van der Waals surface area contributed by atoms with Crippen LogP contribution in [0.5, 0.6) is 0 Å². The second-order valence-electron chi connectivity index (χ2n) is 4.28. The van der Waals surface area contributed by atoms with Crippen LogP contribution in [0.4, 0.5) is 13.2 Å². The van der Waals surface area contributed by atoms with Crippen molar-refractivity contribution in [2.45, 2.75) is 6.18 Å². The summed E-state index contributed by atoms with van der Waals surface area (Å²) in [7, 11) is 3.48. The molecule has 0 saturated carbocycles. The molecule has 0 radical (unpaired) electrons. The van der Waals surface area contributed by atoms with E-state index >= 15 is 0 Å². The van der Waals surface area contributed by atoms with Gasteiger partial charge >= 0.3 is 12.1 Å². The molecule has 2 rings (SSSR count). The minimum absolute atomic E-state index is 0.310. The first-order chi connectivity index (χ1) is 9.27. The Bertz CT molecular complexity index is 687. The van der Waals surface area contributed by atoms with Crippen molar-refractivity contribution in [3.8, 4) is 0 Å². The minimum atomic E-state index is -4.44. The van der Waals surface area contributed by atoms with E-state index in [4.69, 9.17) is 0 Å². The lowest BCUT2D eigenvalue weighted by molar-refractivity contribution is -0.461. The van der Waals surface area contributed by atoms with Crippen molar-refractivity contribution in [3.63, 3.8) is 0 Å². The number of pyridine rings is 1. The zero-order valence-corrected chi connectivity index (χ0v) is 11.5.